The third-order valence-corrected chi connectivity index (χ3v) is 3.81. The summed E-state index contributed by atoms with van der Waals surface area (Å²) in [6, 6.07) is 12.4. The molecule has 138 valence electrons. The van der Waals surface area contributed by atoms with Crippen molar-refractivity contribution in [3.63, 3.8) is 0 Å². The largest absolute Gasteiger partial charge is 0.357 e. The van der Waals surface area contributed by atoms with Crippen molar-refractivity contribution in [2.24, 2.45) is 10.9 Å². The second kappa shape index (κ2) is 11.1. The van der Waals surface area contributed by atoms with Crippen LogP contribution in [0.2, 0.25) is 0 Å². The minimum atomic E-state index is 0. The molecule has 0 amide bonds. The van der Waals surface area contributed by atoms with E-state index >= 15 is 0 Å². The SMILES string of the molecule is CCNC(=NCc1ccccc1)NCC(C)Cn1nc(C)cc1C.I. The number of hydrogen-bond donors (Lipinski definition) is 2. The van der Waals surface area contributed by atoms with Gasteiger partial charge in [-0.05, 0) is 38.3 Å². The van der Waals surface area contributed by atoms with E-state index < -0.39 is 0 Å². The van der Waals surface area contributed by atoms with Crippen LogP contribution in [0, 0.1) is 19.8 Å². The zero-order chi connectivity index (χ0) is 17.4. The molecule has 2 rings (SSSR count). The van der Waals surface area contributed by atoms with Crippen LogP contribution in [0.1, 0.15) is 30.8 Å². The number of benzene rings is 1. The first kappa shape index (κ1) is 21.5. The summed E-state index contributed by atoms with van der Waals surface area (Å²) in [5, 5.41) is 11.3. The molecule has 0 aliphatic rings. The van der Waals surface area contributed by atoms with Gasteiger partial charge >= 0.3 is 0 Å². The van der Waals surface area contributed by atoms with E-state index in [-0.39, 0.29) is 24.0 Å². The van der Waals surface area contributed by atoms with Gasteiger partial charge in [-0.3, -0.25) is 4.68 Å². The number of halogens is 1. The highest BCUT2D eigenvalue weighted by molar-refractivity contribution is 14.0. The van der Waals surface area contributed by atoms with E-state index in [4.69, 9.17) is 0 Å². The molecule has 5 nitrogen and oxygen atoms in total. The van der Waals surface area contributed by atoms with Crippen molar-refractivity contribution in [3.8, 4) is 0 Å². The van der Waals surface area contributed by atoms with Crippen LogP contribution in [0.4, 0.5) is 0 Å². The lowest BCUT2D eigenvalue weighted by atomic mass is 10.2. The maximum atomic E-state index is 4.66. The van der Waals surface area contributed by atoms with Crippen molar-refractivity contribution < 1.29 is 0 Å². The van der Waals surface area contributed by atoms with Crippen LogP contribution in [0.15, 0.2) is 41.4 Å². The summed E-state index contributed by atoms with van der Waals surface area (Å²) in [5.74, 6) is 1.32. The highest BCUT2D eigenvalue weighted by Gasteiger charge is 2.08. The van der Waals surface area contributed by atoms with Gasteiger partial charge in [0.2, 0.25) is 0 Å². The normalized spacial score (nSPS) is 12.4. The average molecular weight is 455 g/mol. The molecule has 1 aromatic heterocycles. The zero-order valence-electron chi connectivity index (χ0n) is 15.6. The molecule has 0 radical (unpaired) electrons. The summed E-state index contributed by atoms with van der Waals surface area (Å²) in [6.45, 7) is 11.7. The molecule has 0 spiro atoms. The van der Waals surface area contributed by atoms with Gasteiger partial charge in [0.25, 0.3) is 0 Å². The fourth-order valence-corrected chi connectivity index (χ4v) is 2.59. The first-order valence-electron chi connectivity index (χ1n) is 8.65. The summed E-state index contributed by atoms with van der Waals surface area (Å²) in [5.41, 5.74) is 3.50. The van der Waals surface area contributed by atoms with E-state index in [0.29, 0.717) is 12.5 Å². The molecular weight excluding hydrogens is 425 g/mol. The van der Waals surface area contributed by atoms with Gasteiger partial charge in [-0.25, -0.2) is 4.99 Å². The van der Waals surface area contributed by atoms with E-state index in [1.165, 1.54) is 11.3 Å². The Labute approximate surface area is 168 Å². The Morgan fingerprint density at radius 2 is 1.92 bits per heavy atom. The number of rotatable bonds is 7. The molecule has 0 saturated carbocycles. The van der Waals surface area contributed by atoms with Gasteiger partial charge in [-0.1, -0.05) is 37.3 Å². The number of nitrogens with one attached hydrogen (secondary N) is 2. The topological polar surface area (TPSA) is 54.2 Å². The number of aliphatic imine (C=N–C) groups is 1. The van der Waals surface area contributed by atoms with Crippen LogP contribution in [0.3, 0.4) is 0 Å². The summed E-state index contributed by atoms with van der Waals surface area (Å²) in [6.07, 6.45) is 0. The van der Waals surface area contributed by atoms with Crippen molar-refractivity contribution in [1.29, 1.82) is 0 Å². The van der Waals surface area contributed by atoms with E-state index in [0.717, 1.165) is 31.3 Å². The number of aromatic nitrogens is 2. The molecule has 1 heterocycles. The predicted octanol–water partition coefficient (Wildman–Crippen LogP) is 3.51. The van der Waals surface area contributed by atoms with E-state index in [1.807, 2.05) is 25.1 Å². The molecule has 25 heavy (non-hydrogen) atoms. The minimum absolute atomic E-state index is 0. The molecule has 1 unspecified atom stereocenters. The Kier molecular flexibility index (Phi) is 9.55. The quantitative estimate of drug-likeness (QED) is 0.382. The summed E-state index contributed by atoms with van der Waals surface area (Å²) in [4.78, 5) is 4.66. The predicted molar refractivity (Wildman–Crippen MR) is 116 cm³/mol. The van der Waals surface area contributed by atoms with Gasteiger partial charge in [0.05, 0.1) is 12.2 Å². The van der Waals surface area contributed by atoms with Gasteiger partial charge in [0.1, 0.15) is 0 Å². The van der Waals surface area contributed by atoms with Crippen LogP contribution in [0.5, 0.6) is 0 Å². The van der Waals surface area contributed by atoms with Crippen LogP contribution < -0.4 is 10.6 Å². The lowest BCUT2D eigenvalue weighted by Gasteiger charge is -2.16. The summed E-state index contributed by atoms with van der Waals surface area (Å²) < 4.78 is 2.08. The molecule has 2 aromatic rings. The van der Waals surface area contributed by atoms with Gasteiger partial charge in [0, 0.05) is 25.3 Å². The van der Waals surface area contributed by atoms with Crippen molar-refractivity contribution in [3.05, 3.63) is 53.3 Å². The third kappa shape index (κ3) is 7.46. The van der Waals surface area contributed by atoms with Crippen LogP contribution in [-0.2, 0) is 13.1 Å². The third-order valence-electron chi connectivity index (χ3n) is 3.81. The first-order valence-corrected chi connectivity index (χ1v) is 8.65. The molecule has 1 aromatic carbocycles. The van der Waals surface area contributed by atoms with Crippen molar-refractivity contribution in [1.82, 2.24) is 20.4 Å². The highest BCUT2D eigenvalue weighted by Crippen LogP contribution is 2.06. The van der Waals surface area contributed by atoms with Crippen LogP contribution >= 0.6 is 24.0 Å². The van der Waals surface area contributed by atoms with Crippen molar-refractivity contribution >= 4 is 29.9 Å². The molecule has 0 fully saturated rings. The summed E-state index contributed by atoms with van der Waals surface area (Å²) in [7, 11) is 0. The maximum absolute atomic E-state index is 4.66. The monoisotopic (exact) mass is 455 g/mol. The Balaban J connectivity index is 0.00000312. The molecule has 0 saturated heterocycles. The van der Waals surface area contributed by atoms with Crippen molar-refractivity contribution in [2.75, 3.05) is 13.1 Å². The van der Waals surface area contributed by atoms with E-state index in [2.05, 4.69) is 64.4 Å². The molecule has 1 atom stereocenters. The summed E-state index contributed by atoms with van der Waals surface area (Å²) >= 11 is 0. The maximum Gasteiger partial charge on any atom is 0.191 e. The lowest BCUT2D eigenvalue weighted by Crippen LogP contribution is -2.40. The Hall–Kier alpha value is -1.57. The second-order valence-corrected chi connectivity index (χ2v) is 6.28. The molecule has 0 aliphatic carbocycles. The standard InChI is InChI=1S/C19H29N5.HI/c1-5-20-19(22-13-18-9-7-6-8-10-18)21-12-15(2)14-24-17(4)11-16(3)23-24;/h6-11,15H,5,12-14H2,1-4H3,(H2,20,21,22);1H. The number of guanidine groups is 1. The number of hydrogen-bond acceptors (Lipinski definition) is 2. The Morgan fingerprint density at radius 3 is 2.52 bits per heavy atom. The van der Waals surface area contributed by atoms with Gasteiger partial charge in [0.15, 0.2) is 5.96 Å². The molecule has 2 N–H and O–H groups in total. The Morgan fingerprint density at radius 1 is 1.20 bits per heavy atom. The second-order valence-electron chi connectivity index (χ2n) is 6.28. The lowest BCUT2D eigenvalue weighted by molar-refractivity contribution is 0.436. The molecular formula is C19H30IN5. The molecule has 0 aliphatic heterocycles. The smallest absolute Gasteiger partial charge is 0.191 e. The van der Waals surface area contributed by atoms with E-state index in [9.17, 15) is 0 Å². The number of aryl methyl sites for hydroxylation is 2. The van der Waals surface area contributed by atoms with Gasteiger partial charge in [-0.15, -0.1) is 24.0 Å². The van der Waals surface area contributed by atoms with Crippen LogP contribution in [0.25, 0.3) is 0 Å². The van der Waals surface area contributed by atoms with Crippen LogP contribution in [-0.4, -0.2) is 28.8 Å². The Bertz CT molecular complexity index is 651. The highest BCUT2D eigenvalue weighted by atomic mass is 127. The molecule has 6 heteroatoms. The minimum Gasteiger partial charge on any atom is -0.357 e. The fourth-order valence-electron chi connectivity index (χ4n) is 2.59. The van der Waals surface area contributed by atoms with Gasteiger partial charge in [-0.2, -0.15) is 5.10 Å². The average Bonchev–Trinajstić information content (AvgIpc) is 2.88. The van der Waals surface area contributed by atoms with Gasteiger partial charge < -0.3 is 10.6 Å². The number of nitrogens with zero attached hydrogens (tertiary/aromatic N) is 3. The zero-order valence-corrected chi connectivity index (χ0v) is 18.0. The fraction of sp³-hybridized carbons (Fsp3) is 0.474. The first-order chi connectivity index (χ1) is 11.6. The van der Waals surface area contributed by atoms with E-state index in [1.54, 1.807) is 0 Å². The van der Waals surface area contributed by atoms with Crippen molar-refractivity contribution in [2.45, 2.75) is 40.8 Å². The molecule has 0 bridgehead atoms.